The Balaban J connectivity index is 1.04. The van der Waals surface area contributed by atoms with E-state index in [0.717, 1.165) is 33.8 Å². The van der Waals surface area contributed by atoms with Gasteiger partial charge in [-0.2, -0.15) is 0 Å². The second-order valence-electron chi connectivity index (χ2n) is 12.6. The van der Waals surface area contributed by atoms with Crippen LogP contribution < -0.4 is 0 Å². The highest BCUT2D eigenvalue weighted by Gasteiger charge is 2.14. The molecule has 50 heavy (non-hydrogen) atoms. The van der Waals surface area contributed by atoms with Crippen molar-refractivity contribution in [2.24, 2.45) is 0 Å². The Bertz CT molecular complexity index is 2790. The fourth-order valence-corrected chi connectivity index (χ4v) is 8.27. The van der Waals surface area contributed by atoms with Crippen molar-refractivity contribution in [3.63, 3.8) is 0 Å². The van der Waals surface area contributed by atoms with Crippen LogP contribution in [0.3, 0.4) is 0 Å². The van der Waals surface area contributed by atoms with Gasteiger partial charge in [-0.25, -0.2) is 9.97 Å². The second kappa shape index (κ2) is 11.7. The van der Waals surface area contributed by atoms with Crippen LogP contribution >= 0.6 is 11.3 Å². The smallest absolute Gasteiger partial charge is 0.160 e. The Hall–Kier alpha value is -6.36. The summed E-state index contributed by atoms with van der Waals surface area (Å²) in [6, 6.07) is 62.5. The Labute approximate surface area is 293 Å². The van der Waals surface area contributed by atoms with Crippen molar-refractivity contribution in [1.29, 1.82) is 0 Å². The first-order chi connectivity index (χ1) is 24.8. The molecule has 10 rings (SSSR count). The summed E-state index contributed by atoms with van der Waals surface area (Å²) in [7, 11) is 0. The SMILES string of the molecule is c1ccc(-c2cc(-c3ccc(-n4c5ccccc5c5ccccc54)cc3)nc(-c3ccc(-c4ccc5sc6ccccc6c5c4)cc3)n2)cc1. The fourth-order valence-electron chi connectivity index (χ4n) is 7.18. The molecule has 0 saturated carbocycles. The molecule has 10 aromatic rings. The van der Waals surface area contributed by atoms with Crippen LogP contribution in [0.1, 0.15) is 0 Å². The van der Waals surface area contributed by atoms with Crippen LogP contribution in [0.15, 0.2) is 176 Å². The molecule has 0 aliphatic rings. The number of nitrogens with zero attached hydrogens (tertiary/aromatic N) is 3. The summed E-state index contributed by atoms with van der Waals surface area (Å²) in [4.78, 5) is 10.2. The van der Waals surface area contributed by atoms with E-state index in [0.29, 0.717) is 5.82 Å². The Morgan fingerprint density at radius 1 is 0.360 bits per heavy atom. The van der Waals surface area contributed by atoms with E-state index in [4.69, 9.17) is 9.97 Å². The quantitative estimate of drug-likeness (QED) is 0.185. The van der Waals surface area contributed by atoms with Crippen molar-refractivity contribution in [2.75, 3.05) is 0 Å². The summed E-state index contributed by atoms with van der Waals surface area (Å²) >= 11 is 1.85. The van der Waals surface area contributed by atoms with Gasteiger partial charge in [0.1, 0.15) is 0 Å². The molecule has 3 aromatic heterocycles. The molecule has 0 aliphatic carbocycles. The first-order valence-electron chi connectivity index (χ1n) is 16.8. The number of para-hydroxylation sites is 2. The predicted molar refractivity (Wildman–Crippen MR) is 211 cm³/mol. The zero-order chi connectivity index (χ0) is 33.0. The molecular formula is C46H29N3S. The van der Waals surface area contributed by atoms with Crippen LogP contribution in [-0.4, -0.2) is 14.5 Å². The molecule has 0 bridgehead atoms. The van der Waals surface area contributed by atoms with Gasteiger partial charge < -0.3 is 4.57 Å². The van der Waals surface area contributed by atoms with Crippen molar-refractivity contribution in [3.8, 4) is 50.7 Å². The van der Waals surface area contributed by atoms with E-state index in [1.807, 2.05) is 17.4 Å². The average molecular weight is 656 g/mol. The average Bonchev–Trinajstić information content (AvgIpc) is 3.74. The summed E-state index contributed by atoms with van der Waals surface area (Å²) in [5, 5.41) is 5.13. The molecule has 0 unspecified atom stereocenters. The van der Waals surface area contributed by atoms with Crippen molar-refractivity contribution in [2.45, 2.75) is 0 Å². The molecule has 4 heteroatoms. The highest BCUT2D eigenvalue weighted by atomic mass is 32.1. The topological polar surface area (TPSA) is 30.7 Å². The van der Waals surface area contributed by atoms with Crippen molar-refractivity contribution in [3.05, 3.63) is 176 Å². The minimum absolute atomic E-state index is 0.707. The number of fused-ring (bicyclic) bond motifs is 6. The summed E-state index contributed by atoms with van der Waals surface area (Å²) in [5.41, 5.74) is 10.8. The lowest BCUT2D eigenvalue weighted by Gasteiger charge is -2.12. The number of benzene rings is 7. The third-order valence-electron chi connectivity index (χ3n) is 9.65. The lowest BCUT2D eigenvalue weighted by Crippen LogP contribution is -1.97. The van der Waals surface area contributed by atoms with Gasteiger partial charge in [-0.15, -0.1) is 11.3 Å². The van der Waals surface area contributed by atoms with E-state index in [1.165, 1.54) is 53.1 Å². The Morgan fingerprint density at radius 3 is 1.58 bits per heavy atom. The molecule has 3 heterocycles. The molecule has 0 radical (unpaired) electrons. The van der Waals surface area contributed by atoms with Crippen LogP contribution in [-0.2, 0) is 0 Å². The predicted octanol–water partition coefficient (Wildman–Crippen LogP) is 12.6. The number of aromatic nitrogens is 3. The van der Waals surface area contributed by atoms with Gasteiger partial charge in [-0.1, -0.05) is 127 Å². The molecule has 0 N–H and O–H groups in total. The van der Waals surface area contributed by atoms with E-state index < -0.39 is 0 Å². The molecule has 0 spiro atoms. The van der Waals surface area contributed by atoms with E-state index >= 15 is 0 Å². The first kappa shape index (κ1) is 28.6. The molecule has 7 aromatic carbocycles. The van der Waals surface area contributed by atoms with Crippen LogP contribution in [0.5, 0.6) is 0 Å². The van der Waals surface area contributed by atoms with Crippen LogP contribution in [0.25, 0.3) is 92.7 Å². The maximum atomic E-state index is 5.15. The lowest BCUT2D eigenvalue weighted by molar-refractivity contribution is 1.17. The van der Waals surface area contributed by atoms with Crippen molar-refractivity contribution < 1.29 is 0 Å². The van der Waals surface area contributed by atoms with Gasteiger partial charge in [0.2, 0.25) is 0 Å². The van der Waals surface area contributed by atoms with E-state index in [-0.39, 0.29) is 0 Å². The number of hydrogen-bond donors (Lipinski definition) is 0. The Kier molecular flexibility index (Phi) is 6.68. The van der Waals surface area contributed by atoms with Crippen molar-refractivity contribution in [1.82, 2.24) is 14.5 Å². The van der Waals surface area contributed by atoms with Crippen molar-refractivity contribution >= 4 is 53.3 Å². The third kappa shape index (κ3) is 4.80. The normalized spacial score (nSPS) is 11.6. The Morgan fingerprint density at radius 2 is 0.880 bits per heavy atom. The lowest BCUT2D eigenvalue weighted by atomic mass is 10.0. The number of thiophene rings is 1. The first-order valence-corrected chi connectivity index (χ1v) is 17.6. The molecule has 0 saturated heterocycles. The van der Waals surface area contributed by atoms with Crippen LogP contribution in [0.4, 0.5) is 0 Å². The van der Waals surface area contributed by atoms with Crippen LogP contribution in [0, 0.1) is 0 Å². The van der Waals surface area contributed by atoms with Gasteiger partial charge in [0.15, 0.2) is 5.82 Å². The van der Waals surface area contributed by atoms with E-state index in [9.17, 15) is 0 Å². The summed E-state index contributed by atoms with van der Waals surface area (Å²) in [6.07, 6.45) is 0. The molecule has 3 nitrogen and oxygen atoms in total. The van der Waals surface area contributed by atoms with Gasteiger partial charge in [0.05, 0.1) is 22.4 Å². The zero-order valence-corrected chi connectivity index (χ0v) is 27.8. The summed E-state index contributed by atoms with van der Waals surface area (Å²) < 4.78 is 4.98. The minimum atomic E-state index is 0.707. The van der Waals surface area contributed by atoms with Gasteiger partial charge in [0, 0.05) is 53.3 Å². The fraction of sp³-hybridized carbons (Fsp3) is 0. The van der Waals surface area contributed by atoms with E-state index in [2.05, 4.69) is 174 Å². The molecule has 0 amide bonds. The molecule has 0 fully saturated rings. The molecule has 0 atom stereocenters. The third-order valence-corrected chi connectivity index (χ3v) is 10.8. The minimum Gasteiger partial charge on any atom is -0.309 e. The number of rotatable bonds is 5. The van der Waals surface area contributed by atoms with Gasteiger partial charge in [-0.05, 0) is 59.7 Å². The second-order valence-corrected chi connectivity index (χ2v) is 13.7. The maximum absolute atomic E-state index is 5.15. The summed E-state index contributed by atoms with van der Waals surface area (Å²) in [5.74, 6) is 0.707. The maximum Gasteiger partial charge on any atom is 0.160 e. The van der Waals surface area contributed by atoms with Crippen LogP contribution in [0.2, 0.25) is 0 Å². The van der Waals surface area contributed by atoms with Gasteiger partial charge in [0.25, 0.3) is 0 Å². The molecule has 234 valence electrons. The van der Waals surface area contributed by atoms with E-state index in [1.54, 1.807) is 0 Å². The summed E-state index contributed by atoms with van der Waals surface area (Å²) in [6.45, 7) is 0. The van der Waals surface area contributed by atoms with Gasteiger partial charge in [-0.3, -0.25) is 0 Å². The highest BCUT2D eigenvalue weighted by Crippen LogP contribution is 2.37. The monoisotopic (exact) mass is 655 g/mol. The highest BCUT2D eigenvalue weighted by molar-refractivity contribution is 7.25. The standard InChI is InChI=1S/C46H29N3S/c1-2-10-31(11-3-1)40-29-41(32-22-25-35(26-23-32)49-42-15-7-4-12-36(42)37-13-5-8-16-43(37)49)48-46(47-40)33-20-18-30(19-21-33)34-24-27-45-39(28-34)38-14-6-9-17-44(38)50-45/h1-29H. The molecule has 0 aliphatic heterocycles. The molecular weight excluding hydrogens is 627 g/mol. The zero-order valence-electron chi connectivity index (χ0n) is 27.0. The largest absolute Gasteiger partial charge is 0.309 e. The number of hydrogen-bond acceptors (Lipinski definition) is 3. The van der Waals surface area contributed by atoms with Gasteiger partial charge >= 0.3 is 0 Å².